The van der Waals surface area contributed by atoms with Crippen molar-refractivity contribution in [2.45, 2.75) is 43.7 Å². The summed E-state index contributed by atoms with van der Waals surface area (Å²) in [6.07, 6.45) is 2.94. The predicted octanol–water partition coefficient (Wildman–Crippen LogP) is 0.776. The first kappa shape index (κ1) is 15.3. The largest absolute Gasteiger partial charge is 0.508 e. The van der Waals surface area contributed by atoms with Gasteiger partial charge in [0.1, 0.15) is 11.8 Å². The SMILES string of the molecule is NC1(CC(=O)NC(Cc2ccc(O)cc2)C(=O)O)CCC1. The molecule has 1 aromatic carbocycles. The van der Waals surface area contributed by atoms with Crippen molar-refractivity contribution in [3.63, 3.8) is 0 Å². The number of carboxylic acid groups (broad SMARTS) is 1. The van der Waals surface area contributed by atoms with Crippen molar-refractivity contribution in [3.05, 3.63) is 29.8 Å². The number of benzene rings is 1. The molecule has 1 amide bonds. The molecule has 1 aliphatic rings. The number of carbonyl (C=O) groups is 2. The standard InChI is InChI=1S/C15H20N2O4/c16-15(6-1-7-15)9-13(19)17-12(14(20)21)8-10-2-4-11(18)5-3-10/h2-5,12,18H,1,6-9,16H2,(H,17,19)(H,20,21). The zero-order valence-electron chi connectivity index (χ0n) is 11.7. The number of carboxylic acids is 1. The monoisotopic (exact) mass is 292 g/mol. The molecule has 1 aliphatic carbocycles. The lowest BCUT2D eigenvalue weighted by Crippen LogP contribution is -2.52. The summed E-state index contributed by atoms with van der Waals surface area (Å²) in [6, 6.07) is 5.24. The van der Waals surface area contributed by atoms with E-state index in [1.807, 2.05) is 0 Å². The molecule has 114 valence electrons. The Labute approximate surface area is 123 Å². The Hall–Kier alpha value is -2.08. The number of carbonyl (C=O) groups excluding carboxylic acids is 1. The van der Waals surface area contributed by atoms with E-state index in [2.05, 4.69) is 5.32 Å². The van der Waals surface area contributed by atoms with Gasteiger partial charge in [-0.2, -0.15) is 0 Å². The molecule has 6 nitrogen and oxygen atoms in total. The third-order valence-corrected chi connectivity index (χ3v) is 3.87. The Balaban J connectivity index is 1.94. The van der Waals surface area contributed by atoms with Crippen LogP contribution in [-0.2, 0) is 16.0 Å². The van der Waals surface area contributed by atoms with Crippen LogP contribution in [0, 0.1) is 0 Å². The Bertz CT molecular complexity index is 523. The Morgan fingerprint density at radius 2 is 1.90 bits per heavy atom. The summed E-state index contributed by atoms with van der Waals surface area (Å²) in [4.78, 5) is 23.2. The maximum absolute atomic E-state index is 11.9. The number of nitrogens with two attached hydrogens (primary N) is 1. The first-order valence-corrected chi connectivity index (χ1v) is 6.97. The fourth-order valence-electron chi connectivity index (χ4n) is 2.44. The summed E-state index contributed by atoms with van der Waals surface area (Å²) in [7, 11) is 0. The summed E-state index contributed by atoms with van der Waals surface area (Å²) >= 11 is 0. The molecular formula is C15H20N2O4. The highest BCUT2D eigenvalue weighted by Crippen LogP contribution is 2.31. The molecule has 0 aliphatic heterocycles. The average Bonchev–Trinajstić information content (AvgIpc) is 2.38. The van der Waals surface area contributed by atoms with Gasteiger partial charge in [-0.15, -0.1) is 0 Å². The van der Waals surface area contributed by atoms with Crippen LogP contribution >= 0.6 is 0 Å². The van der Waals surface area contributed by atoms with E-state index in [1.165, 1.54) is 12.1 Å². The summed E-state index contributed by atoms with van der Waals surface area (Å²) in [5, 5.41) is 20.9. The number of nitrogens with one attached hydrogen (secondary N) is 1. The molecular weight excluding hydrogens is 272 g/mol. The van der Waals surface area contributed by atoms with Crippen molar-refractivity contribution in [2.75, 3.05) is 0 Å². The van der Waals surface area contributed by atoms with Gasteiger partial charge in [-0.05, 0) is 37.0 Å². The molecule has 1 aromatic rings. The topological polar surface area (TPSA) is 113 Å². The predicted molar refractivity (Wildman–Crippen MR) is 76.8 cm³/mol. The molecule has 6 heteroatoms. The highest BCUT2D eigenvalue weighted by Gasteiger charge is 2.35. The molecule has 0 bridgehead atoms. The highest BCUT2D eigenvalue weighted by atomic mass is 16.4. The van der Waals surface area contributed by atoms with Crippen LogP contribution in [0.25, 0.3) is 0 Å². The van der Waals surface area contributed by atoms with E-state index in [9.17, 15) is 19.8 Å². The first-order chi connectivity index (χ1) is 9.88. The highest BCUT2D eigenvalue weighted by molar-refractivity contribution is 5.84. The van der Waals surface area contributed by atoms with Gasteiger partial charge in [0.25, 0.3) is 0 Å². The van der Waals surface area contributed by atoms with Crippen LogP contribution in [0.15, 0.2) is 24.3 Å². The molecule has 0 aromatic heterocycles. The van der Waals surface area contributed by atoms with Crippen molar-refractivity contribution in [3.8, 4) is 5.75 Å². The van der Waals surface area contributed by atoms with Gasteiger partial charge < -0.3 is 21.3 Å². The van der Waals surface area contributed by atoms with Gasteiger partial charge in [-0.25, -0.2) is 4.79 Å². The van der Waals surface area contributed by atoms with Gasteiger partial charge in [0.05, 0.1) is 0 Å². The molecule has 0 radical (unpaired) electrons. The van der Waals surface area contributed by atoms with Crippen molar-refractivity contribution in [1.29, 1.82) is 0 Å². The minimum atomic E-state index is -1.09. The maximum Gasteiger partial charge on any atom is 0.326 e. The third kappa shape index (κ3) is 4.19. The van der Waals surface area contributed by atoms with Crippen molar-refractivity contribution < 1.29 is 19.8 Å². The van der Waals surface area contributed by atoms with Crippen molar-refractivity contribution in [2.24, 2.45) is 5.73 Å². The lowest BCUT2D eigenvalue weighted by molar-refractivity contribution is -0.142. The second kappa shape index (κ2) is 6.13. The molecule has 21 heavy (non-hydrogen) atoms. The van der Waals surface area contributed by atoms with Gasteiger partial charge in [0.2, 0.25) is 5.91 Å². The lowest BCUT2D eigenvalue weighted by Gasteiger charge is -2.37. The first-order valence-electron chi connectivity index (χ1n) is 6.97. The minimum absolute atomic E-state index is 0.115. The number of hydrogen-bond acceptors (Lipinski definition) is 4. The number of phenols is 1. The van der Waals surface area contributed by atoms with Crippen LogP contribution in [0.1, 0.15) is 31.2 Å². The van der Waals surface area contributed by atoms with Gasteiger partial charge in [0, 0.05) is 18.4 Å². The van der Waals surface area contributed by atoms with E-state index < -0.39 is 17.6 Å². The van der Waals surface area contributed by atoms with E-state index in [0.29, 0.717) is 0 Å². The number of phenolic OH excluding ortho intramolecular Hbond substituents is 1. The average molecular weight is 292 g/mol. The van der Waals surface area contributed by atoms with E-state index in [-0.39, 0.29) is 24.5 Å². The molecule has 1 saturated carbocycles. The van der Waals surface area contributed by atoms with Crippen LogP contribution in [0.5, 0.6) is 5.75 Å². The number of aromatic hydroxyl groups is 1. The van der Waals surface area contributed by atoms with E-state index in [1.54, 1.807) is 12.1 Å². The molecule has 2 rings (SSSR count). The van der Waals surface area contributed by atoms with Crippen LogP contribution in [-0.4, -0.2) is 33.7 Å². The van der Waals surface area contributed by atoms with E-state index >= 15 is 0 Å². The fraction of sp³-hybridized carbons (Fsp3) is 0.467. The van der Waals surface area contributed by atoms with Crippen LogP contribution in [0.4, 0.5) is 0 Å². The molecule has 0 spiro atoms. The minimum Gasteiger partial charge on any atom is -0.508 e. The molecule has 5 N–H and O–H groups in total. The van der Waals surface area contributed by atoms with Crippen LogP contribution in [0.3, 0.4) is 0 Å². The summed E-state index contributed by atoms with van der Waals surface area (Å²) in [5.74, 6) is -1.30. The zero-order valence-corrected chi connectivity index (χ0v) is 11.7. The Morgan fingerprint density at radius 1 is 1.29 bits per heavy atom. The summed E-state index contributed by atoms with van der Waals surface area (Å²) < 4.78 is 0. The smallest absolute Gasteiger partial charge is 0.326 e. The fourth-order valence-corrected chi connectivity index (χ4v) is 2.44. The van der Waals surface area contributed by atoms with Gasteiger partial charge in [-0.3, -0.25) is 4.79 Å². The summed E-state index contributed by atoms with van der Waals surface area (Å²) in [6.45, 7) is 0. The third-order valence-electron chi connectivity index (χ3n) is 3.87. The quantitative estimate of drug-likeness (QED) is 0.619. The molecule has 1 fully saturated rings. The van der Waals surface area contributed by atoms with Crippen LogP contribution < -0.4 is 11.1 Å². The summed E-state index contributed by atoms with van der Waals surface area (Å²) in [5.41, 5.74) is 6.25. The van der Waals surface area contributed by atoms with Crippen molar-refractivity contribution >= 4 is 11.9 Å². The normalized spacial score (nSPS) is 17.6. The van der Waals surface area contributed by atoms with E-state index in [4.69, 9.17) is 5.73 Å². The molecule has 1 unspecified atom stereocenters. The molecule has 0 heterocycles. The Kier molecular flexibility index (Phi) is 4.47. The van der Waals surface area contributed by atoms with Gasteiger partial charge >= 0.3 is 5.97 Å². The Morgan fingerprint density at radius 3 is 2.38 bits per heavy atom. The van der Waals surface area contributed by atoms with Crippen molar-refractivity contribution in [1.82, 2.24) is 5.32 Å². The number of rotatable bonds is 6. The number of hydrogen-bond donors (Lipinski definition) is 4. The molecule has 0 saturated heterocycles. The lowest BCUT2D eigenvalue weighted by atomic mass is 9.75. The second-order valence-electron chi connectivity index (χ2n) is 5.72. The maximum atomic E-state index is 11.9. The number of aliphatic carboxylic acids is 1. The zero-order chi connectivity index (χ0) is 15.5. The second-order valence-corrected chi connectivity index (χ2v) is 5.72. The van der Waals surface area contributed by atoms with Crippen LogP contribution in [0.2, 0.25) is 0 Å². The van der Waals surface area contributed by atoms with E-state index in [0.717, 1.165) is 24.8 Å². The molecule has 1 atom stereocenters. The van der Waals surface area contributed by atoms with Gasteiger partial charge in [0.15, 0.2) is 0 Å². The number of amides is 1. The van der Waals surface area contributed by atoms with Gasteiger partial charge in [-0.1, -0.05) is 12.1 Å².